The number of rotatable bonds is 6. The Morgan fingerprint density at radius 2 is 1.85 bits per heavy atom. The third-order valence-electron chi connectivity index (χ3n) is 3.77. The number of carbonyl (C=O) groups is 1. The lowest BCUT2D eigenvalue weighted by molar-refractivity contribution is 0.0378. The summed E-state index contributed by atoms with van der Waals surface area (Å²) in [4.78, 5) is 16.5. The van der Waals surface area contributed by atoms with Crippen molar-refractivity contribution >= 4 is 17.9 Å². The smallest absolute Gasteiger partial charge is 0.338 e. The van der Waals surface area contributed by atoms with Crippen molar-refractivity contribution in [3.63, 3.8) is 0 Å². The number of methoxy groups -OCH3 is 1. The van der Waals surface area contributed by atoms with E-state index in [-0.39, 0.29) is 12.1 Å². The Bertz CT molecular complexity index is 939. The molecule has 138 valence electrons. The first-order chi connectivity index (χ1) is 13.0. The van der Waals surface area contributed by atoms with Crippen molar-refractivity contribution in [3.8, 4) is 17.1 Å². The van der Waals surface area contributed by atoms with E-state index < -0.39 is 0 Å². The summed E-state index contributed by atoms with van der Waals surface area (Å²) < 4.78 is 16.2. The molecule has 3 rings (SSSR count). The fraction of sp³-hybridized carbons (Fsp3) is 0.182. The molecule has 0 atom stereocenters. The number of furan rings is 1. The van der Waals surface area contributed by atoms with E-state index in [1.807, 2.05) is 56.3 Å². The molecule has 0 saturated carbocycles. The molecule has 3 aromatic rings. The van der Waals surface area contributed by atoms with Gasteiger partial charge >= 0.3 is 5.97 Å². The van der Waals surface area contributed by atoms with E-state index in [4.69, 9.17) is 13.9 Å². The van der Waals surface area contributed by atoms with Gasteiger partial charge in [0.25, 0.3) is 0 Å². The van der Waals surface area contributed by atoms with E-state index >= 15 is 0 Å². The van der Waals surface area contributed by atoms with Gasteiger partial charge in [0.1, 0.15) is 17.3 Å². The van der Waals surface area contributed by atoms with E-state index in [1.165, 1.54) is 0 Å². The van der Waals surface area contributed by atoms with Gasteiger partial charge in [0, 0.05) is 5.56 Å². The first-order valence-corrected chi connectivity index (χ1v) is 8.64. The number of benzene rings is 2. The van der Waals surface area contributed by atoms with E-state index in [0.717, 1.165) is 17.0 Å². The van der Waals surface area contributed by atoms with Crippen molar-refractivity contribution in [2.24, 2.45) is 4.99 Å². The van der Waals surface area contributed by atoms with Crippen molar-refractivity contribution in [1.29, 1.82) is 0 Å². The first kappa shape index (κ1) is 18.5. The monoisotopic (exact) mass is 363 g/mol. The Balaban J connectivity index is 1.75. The lowest BCUT2D eigenvalue weighted by atomic mass is 10.1. The molecule has 0 spiro atoms. The van der Waals surface area contributed by atoms with Crippen LogP contribution in [-0.2, 0) is 4.74 Å². The second kappa shape index (κ2) is 8.36. The van der Waals surface area contributed by atoms with Gasteiger partial charge in [-0.3, -0.25) is 4.99 Å². The van der Waals surface area contributed by atoms with Crippen LogP contribution in [0.4, 0.5) is 5.69 Å². The van der Waals surface area contributed by atoms with Crippen LogP contribution in [0.25, 0.3) is 11.3 Å². The van der Waals surface area contributed by atoms with Crippen molar-refractivity contribution in [2.45, 2.75) is 20.0 Å². The predicted molar refractivity (Wildman–Crippen MR) is 105 cm³/mol. The minimum Gasteiger partial charge on any atom is -0.497 e. The van der Waals surface area contributed by atoms with Crippen molar-refractivity contribution in [1.82, 2.24) is 0 Å². The van der Waals surface area contributed by atoms with Gasteiger partial charge < -0.3 is 13.9 Å². The van der Waals surface area contributed by atoms with Crippen molar-refractivity contribution in [2.75, 3.05) is 7.11 Å². The average molecular weight is 363 g/mol. The summed E-state index contributed by atoms with van der Waals surface area (Å²) in [6.07, 6.45) is 1.49. The molecule has 1 aromatic heterocycles. The van der Waals surface area contributed by atoms with Crippen LogP contribution in [0.2, 0.25) is 0 Å². The van der Waals surface area contributed by atoms with E-state index in [9.17, 15) is 4.79 Å². The molecule has 27 heavy (non-hydrogen) atoms. The summed E-state index contributed by atoms with van der Waals surface area (Å²) in [6, 6.07) is 18.3. The fourth-order valence-electron chi connectivity index (χ4n) is 2.47. The molecular weight excluding hydrogens is 342 g/mol. The predicted octanol–water partition coefficient (Wildman–Crippen LogP) is 5.27. The van der Waals surface area contributed by atoms with Crippen molar-refractivity contribution in [3.05, 3.63) is 72.0 Å². The first-order valence-electron chi connectivity index (χ1n) is 8.64. The number of carbonyl (C=O) groups excluding carboxylic acids is 1. The van der Waals surface area contributed by atoms with Gasteiger partial charge in [0.05, 0.1) is 30.7 Å². The van der Waals surface area contributed by atoms with Crippen LogP contribution in [-0.4, -0.2) is 25.4 Å². The maximum absolute atomic E-state index is 12.1. The molecule has 0 N–H and O–H groups in total. The molecule has 0 aliphatic rings. The maximum Gasteiger partial charge on any atom is 0.338 e. The van der Waals surface area contributed by atoms with E-state index in [0.29, 0.717) is 17.1 Å². The fourth-order valence-corrected chi connectivity index (χ4v) is 2.47. The minimum atomic E-state index is -0.348. The zero-order valence-corrected chi connectivity index (χ0v) is 15.5. The van der Waals surface area contributed by atoms with Gasteiger partial charge in [-0.1, -0.05) is 12.1 Å². The van der Waals surface area contributed by atoms with Gasteiger partial charge in [-0.15, -0.1) is 0 Å². The van der Waals surface area contributed by atoms with Gasteiger partial charge in [-0.05, 0) is 62.4 Å². The summed E-state index contributed by atoms with van der Waals surface area (Å²) in [5, 5.41) is 0. The number of ether oxygens (including phenoxy) is 2. The Labute approximate surface area is 158 Å². The minimum absolute atomic E-state index is 0.162. The lowest BCUT2D eigenvalue weighted by Crippen LogP contribution is -2.11. The van der Waals surface area contributed by atoms with Crippen LogP contribution in [0.5, 0.6) is 5.75 Å². The molecule has 0 fully saturated rings. The molecule has 0 bridgehead atoms. The maximum atomic E-state index is 12.1. The van der Waals surface area contributed by atoms with E-state index in [1.54, 1.807) is 31.5 Å². The largest absolute Gasteiger partial charge is 0.497 e. The van der Waals surface area contributed by atoms with Gasteiger partial charge in [0.15, 0.2) is 0 Å². The topological polar surface area (TPSA) is 61.0 Å². The third-order valence-corrected chi connectivity index (χ3v) is 3.77. The standard InChI is InChI=1S/C22H21NO4/c1-15(2)26-22(24)17-6-4-5-16(13-17)21-12-11-20(27-21)14-23-18-7-9-19(25-3)10-8-18/h4-15H,1-3H3. The second-order valence-corrected chi connectivity index (χ2v) is 6.19. The molecule has 0 saturated heterocycles. The third kappa shape index (κ3) is 4.85. The Hall–Kier alpha value is -3.34. The normalized spacial score (nSPS) is 11.1. The van der Waals surface area contributed by atoms with Gasteiger partial charge in [0.2, 0.25) is 0 Å². The summed E-state index contributed by atoms with van der Waals surface area (Å²) in [5.74, 6) is 1.71. The van der Waals surface area contributed by atoms with Crippen LogP contribution in [0.15, 0.2) is 70.1 Å². The molecule has 0 aliphatic carbocycles. The quantitative estimate of drug-likeness (QED) is 0.442. The van der Waals surface area contributed by atoms with Crippen LogP contribution >= 0.6 is 0 Å². The zero-order chi connectivity index (χ0) is 19.2. The molecule has 0 amide bonds. The van der Waals surface area contributed by atoms with Gasteiger partial charge in [-0.25, -0.2) is 4.79 Å². The molecule has 2 aromatic carbocycles. The highest BCUT2D eigenvalue weighted by Gasteiger charge is 2.11. The molecule has 0 aliphatic heterocycles. The van der Waals surface area contributed by atoms with E-state index in [2.05, 4.69) is 4.99 Å². The number of nitrogens with zero attached hydrogens (tertiary/aromatic N) is 1. The van der Waals surface area contributed by atoms with Crippen molar-refractivity contribution < 1.29 is 18.7 Å². The molecule has 5 heteroatoms. The molecule has 0 radical (unpaired) electrons. The highest BCUT2D eigenvalue weighted by atomic mass is 16.5. The Morgan fingerprint density at radius 1 is 1.07 bits per heavy atom. The SMILES string of the molecule is COc1ccc(N=Cc2ccc(-c3cccc(C(=O)OC(C)C)c3)o2)cc1. The summed E-state index contributed by atoms with van der Waals surface area (Å²) in [7, 11) is 1.63. The molecular formula is C22H21NO4. The Morgan fingerprint density at radius 3 is 2.56 bits per heavy atom. The summed E-state index contributed by atoms with van der Waals surface area (Å²) in [5.41, 5.74) is 2.09. The number of esters is 1. The zero-order valence-electron chi connectivity index (χ0n) is 15.5. The summed E-state index contributed by atoms with van der Waals surface area (Å²) in [6.45, 7) is 3.64. The highest BCUT2D eigenvalue weighted by molar-refractivity contribution is 5.91. The summed E-state index contributed by atoms with van der Waals surface area (Å²) >= 11 is 0. The lowest BCUT2D eigenvalue weighted by Gasteiger charge is -2.08. The van der Waals surface area contributed by atoms with Crippen LogP contribution in [0.1, 0.15) is 30.0 Å². The number of hydrogen-bond donors (Lipinski definition) is 0. The van der Waals surface area contributed by atoms with Crippen LogP contribution in [0.3, 0.4) is 0 Å². The number of hydrogen-bond acceptors (Lipinski definition) is 5. The Kier molecular flexibility index (Phi) is 5.71. The van der Waals surface area contributed by atoms with Gasteiger partial charge in [-0.2, -0.15) is 0 Å². The van der Waals surface area contributed by atoms with Crippen LogP contribution < -0.4 is 4.74 Å². The average Bonchev–Trinajstić information content (AvgIpc) is 3.15. The highest BCUT2D eigenvalue weighted by Crippen LogP contribution is 2.24. The molecule has 5 nitrogen and oxygen atoms in total. The second-order valence-electron chi connectivity index (χ2n) is 6.19. The van der Waals surface area contributed by atoms with Crippen LogP contribution in [0, 0.1) is 0 Å². The number of aliphatic imine (C=N–C) groups is 1. The molecule has 1 heterocycles. The molecule has 0 unspecified atom stereocenters.